The third kappa shape index (κ3) is 5.30. The van der Waals surface area contributed by atoms with Crippen molar-refractivity contribution in [2.24, 2.45) is 11.7 Å². The van der Waals surface area contributed by atoms with Crippen LogP contribution in [0.2, 0.25) is 0 Å². The number of hydrogen-bond donors (Lipinski definition) is 2. The fourth-order valence-electron chi connectivity index (χ4n) is 2.95. The number of carbonyl (C=O) groups is 1. The molecule has 0 aromatic heterocycles. The van der Waals surface area contributed by atoms with Crippen molar-refractivity contribution in [1.29, 1.82) is 0 Å². The van der Waals surface area contributed by atoms with E-state index in [1.807, 2.05) is 26.0 Å². The van der Waals surface area contributed by atoms with Crippen LogP contribution in [0.3, 0.4) is 0 Å². The minimum absolute atomic E-state index is 0.104. The predicted octanol–water partition coefficient (Wildman–Crippen LogP) is 2.14. The lowest BCUT2D eigenvalue weighted by Gasteiger charge is -2.34. The Morgan fingerprint density at radius 1 is 1.12 bits per heavy atom. The highest BCUT2D eigenvalue weighted by Gasteiger charge is 2.19. The summed E-state index contributed by atoms with van der Waals surface area (Å²) < 4.78 is 0. The number of carbonyl (C=O) groups excluding carboxylic acids is 1. The van der Waals surface area contributed by atoms with Gasteiger partial charge in [0, 0.05) is 38.4 Å². The largest absolute Gasteiger partial charge is 0.325 e. The van der Waals surface area contributed by atoms with Crippen LogP contribution in [-0.2, 0) is 11.3 Å². The van der Waals surface area contributed by atoms with E-state index in [0.29, 0.717) is 0 Å². The highest BCUT2D eigenvalue weighted by Crippen LogP contribution is 2.14. The third-order valence-corrected chi connectivity index (χ3v) is 5.10. The minimum atomic E-state index is -0.454. The molecular weight excluding hydrogens is 300 g/mol. The second-order valence-corrected chi connectivity index (χ2v) is 6.81. The van der Waals surface area contributed by atoms with Crippen LogP contribution < -0.4 is 11.1 Å². The second-order valence-electron chi connectivity index (χ2n) is 6.81. The van der Waals surface area contributed by atoms with E-state index in [4.69, 9.17) is 5.73 Å². The first-order valence-electron chi connectivity index (χ1n) is 9.13. The summed E-state index contributed by atoms with van der Waals surface area (Å²) >= 11 is 0. The van der Waals surface area contributed by atoms with Gasteiger partial charge in [0.2, 0.25) is 5.91 Å². The summed E-state index contributed by atoms with van der Waals surface area (Å²) in [6, 6.07) is 7.68. The van der Waals surface area contributed by atoms with E-state index in [-0.39, 0.29) is 11.8 Å². The van der Waals surface area contributed by atoms with E-state index in [2.05, 4.69) is 34.2 Å². The molecule has 0 aliphatic carbocycles. The summed E-state index contributed by atoms with van der Waals surface area (Å²) in [5.74, 6) is 0.0823. The van der Waals surface area contributed by atoms with Crippen LogP contribution in [0.1, 0.15) is 32.8 Å². The number of nitrogens with zero attached hydrogens (tertiary/aromatic N) is 2. The second kappa shape index (κ2) is 9.16. The topological polar surface area (TPSA) is 61.6 Å². The van der Waals surface area contributed by atoms with Gasteiger partial charge in [-0.25, -0.2) is 0 Å². The Morgan fingerprint density at radius 3 is 2.25 bits per heavy atom. The number of hydrogen-bond acceptors (Lipinski definition) is 4. The average Bonchev–Trinajstić information content (AvgIpc) is 2.62. The van der Waals surface area contributed by atoms with Gasteiger partial charge in [0.05, 0.1) is 6.04 Å². The van der Waals surface area contributed by atoms with Crippen molar-refractivity contribution in [2.45, 2.75) is 39.8 Å². The minimum Gasteiger partial charge on any atom is -0.325 e. The Balaban J connectivity index is 1.83. The number of nitrogens with two attached hydrogens (primary N) is 1. The van der Waals surface area contributed by atoms with E-state index in [9.17, 15) is 4.79 Å². The molecule has 0 bridgehead atoms. The monoisotopic (exact) mass is 332 g/mol. The molecule has 2 atom stereocenters. The zero-order valence-electron chi connectivity index (χ0n) is 15.3. The van der Waals surface area contributed by atoms with Gasteiger partial charge in [0.15, 0.2) is 0 Å². The van der Waals surface area contributed by atoms with E-state index in [1.54, 1.807) is 0 Å². The molecule has 0 radical (unpaired) electrons. The summed E-state index contributed by atoms with van der Waals surface area (Å²) in [5.41, 5.74) is 8.07. The first-order valence-corrected chi connectivity index (χ1v) is 9.13. The lowest BCUT2D eigenvalue weighted by molar-refractivity contribution is -0.118. The van der Waals surface area contributed by atoms with Gasteiger partial charge in [-0.05, 0) is 30.2 Å². The van der Waals surface area contributed by atoms with Crippen LogP contribution in [0.15, 0.2) is 24.3 Å². The molecule has 1 saturated heterocycles. The van der Waals surface area contributed by atoms with Crippen LogP contribution in [0.25, 0.3) is 0 Å². The van der Waals surface area contributed by atoms with Crippen molar-refractivity contribution >= 4 is 11.6 Å². The van der Waals surface area contributed by atoms with E-state index < -0.39 is 6.04 Å². The van der Waals surface area contributed by atoms with Crippen LogP contribution in [0.5, 0.6) is 0 Å². The molecule has 1 aliphatic rings. The molecule has 1 aromatic carbocycles. The van der Waals surface area contributed by atoms with Gasteiger partial charge in [-0.3, -0.25) is 9.69 Å². The maximum atomic E-state index is 12.1. The van der Waals surface area contributed by atoms with Gasteiger partial charge in [-0.15, -0.1) is 0 Å². The zero-order chi connectivity index (χ0) is 17.5. The Bertz CT molecular complexity index is 509. The molecule has 2 rings (SSSR count). The number of benzene rings is 1. The molecule has 0 spiro atoms. The van der Waals surface area contributed by atoms with Crippen molar-refractivity contribution in [3.8, 4) is 0 Å². The SMILES string of the molecule is CCC(C)C(N)C(=O)Nc1ccc(CN2CCN(CC)CC2)cc1. The Labute approximate surface area is 146 Å². The van der Waals surface area contributed by atoms with E-state index in [1.165, 1.54) is 5.56 Å². The lowest BCUT2D eigenvalue weighted by Crippen LogP contribution is -2.45. The standard InChI is InChI=1S/C19H32N4O/c1-4-15(3)18(20)19(24)21-17-8-6-16(7-9-17)14-23-12-10-22(5-2)11-13-23/h6-9,15,18H,4-5,10-14,20H2,1-3H3,(H,21,24). The summed E-state index contributed by atoms with van der Waals surface area (Å²) in [6.45, 7) is 12.9. The maximum absolute atomic E-state index is 12.1. The molecule has 24 heavy (non-hydrogen) atoms. The molecule has 0 saturated carbocycles. The number of rotatable bonds is 7. The highest BCUT2D eigenvalue weighted by molar-refractivity contribution is 5.94. The summed E-state index contributed by atoms with van der Waals surface area (Å²) in [7, 11) is 0. The van der Waals surface area contributed by atoms with Crippen molar-refractivity contribution in [3.05, 3.63) is 29.8 Å². The van der Waals surface area contributed by atoms with Gasteiger partial charge in [0.25, 0.3) is 0 Å². The quantitative estimate of drug-likeness (QED) is 0.803. The fourth-order valence-corrected chi connectivity index (χ4v) is 2.95. The van der Waals surface area contributed by atoms with Crippen LogP contribution in [0.4, 0.5) is 5.69 Å². The van der Waals surface area contributed by atoms with Crippen molar-refractivity contribution < 1.29 is 4.79 Å². The molecule has 134 valence electrons. The normalized spacial score (nSPS) is 19.0. The Kier molecular flexibility index (Phi) is 7.21. The number of nitrogens with one attached hydrogen (secondary N) is 1. The first-order chi connectivity index (χ1) is 11.5. The molecule has 1 heterocycles. The van der Waals surface area contributed by atoms with Crippen molar-refractivity contribution in [1.82, 2.24) is 9.80 Å². The van der Waals surface area contributed by atoms with Crippen LogP contribution in [-0.4, -0.2) is 54.5 Å². The summed E-state index contributed by atoms with van der Waals surface area (Å²) in [4.78, 5) is 17.1. The predicted molar refractivity (Wildman–Crippen MR) is 99.9 cm³/mol. The van der Waals surface area contributed by atoms with Gasteiger partial charge in [-0.2, -0.15) is 0 Å². The number of anilines is 1. The molecule has 1 aliphatic heterocycles. The van der Waals surface area contributed by atoms with E-state index >= 15 is 0 Å². The first kappa shape index (κ1) is 18.9. The zero-order valence-corrected chi connectivity index (χ0v) is 15.3. The van der Waals surface area contributed by atoms with Crippen LogP contribution >= 0.6 is 0 Å². The molecule has 1 amide bonds. The molecule has 1 aromatic rings. The molecule has 5 nitrogen and oxygen atoms in total. The molecule has 1 fully saturated rings. The van der Waals surface area contributed by atoms with Gasteiger partial charge >= 0.3 is 0 Å². The van der Waals surface area contributed by atoms with Gasteiger partial charge in [0.1, 0.15) is 0 Å². The molecule has 3 N–H and O–H groups in total. The Hall–Kier alpha value is -1.43. The van der Waals surface area contributed by atoms with E-state index in [0.717, 1.165) is 51.4 Å². The average molecular weight is 332 g/mol. The third-order valence-electron chi connectivity index (χ3n) is 5.10. The Morgan fingerprint density at radius 2 is 1.71 bits per heavy atom. The van der Waals surface area contributed by atoms with Crippen molar-refractivity contribution in [3.63, 3.8) is 0 Å². The summed E-state index contributed by atoms with van der Waals surface area (Å²) in [5, 5.41) is 2.92. The lowest BCUT2D eigenvalue weighted by atomic mass is 9.99. The van der Waals surface area contributed by atoms with Gasteiger partial charge in [-0.1, -0.05) is 39.3 Å². The smallest absolute Gasteiger partial charge is 0.241 e. The number of amides is 1. The maximum Gasteiger partial charge on any atom is 0.241 e. The highest BCUT2D eigenvalue weighted by atomic mass is 16.2. The number of piperazine rings is 1. The summed E-state index contributed by atoms with van der Waals surface area (Å²) in [6.07, 6.45) is 0.902. The van der Waals surface area contributed by atoms with Gasteiger partial charge < -0.3 is 16.0 Å². The van der Waals surface area contributed by atoms with Crippen LogP contribution in [0, 0.1) is 5.92 Å². The molecule has 5 heteroatoms. The van der Waals surface area contributed by atoms with Crippen molar-refractivity contribution in [2.75, 3.05) is 38.0 Å². The molecule has 2 unspecified atom stereocenters. The fraction of sp³-hybridized carbons (Fsp3) is 0.632. The molecular formula is C19H32N4O. The number of likely N-dealkylation sites (N-methyl/N-ethyl adjacent to an activating group) is 1.